The van der Waals surface area contributed by atoms with Crippen LogP contribution in [0.4, 0.5) is 0 Å². The van der Waals surface area contributed by atoms with Gasteiger partial charge in [-0.1, -0.05) is 48.9 Å². The van der Waals surface area contributed by atoms with Crippen LogP contribution < -0.4 is 10.1 Å². The quantitative estimate of drug-likeness (QED) is 0.253. The Bertz CT molecular complexity index is 643. The molecule has 1 rings (SSSR count). The van der Waals surface area contributed by atoms with Crippen molar-refractivity contribution in [3.05, 3.63) is 60.2 Å². The van der Waals surface area contributed by atoms with Gasteiger partial charge in [0.05, 0.1) is 6.61 Å². The molecule has 0 saturated carbocycles. The first-order valence-electron chi connectivity index (χ1n) is 11.4. The van der Waals surface area contributed by atoms with E-state index in [4.69, 9.17) is 4.74 Å². The van der Waals surface area contributed by atoms with Gasteiger partial charge in [0.25, 0.3) is 0 Å². The molecule has 0 fully saturated rings. The first kappa shape index (κ1) is 26.2. The standard InChI is InChI=1S/C27H44N2O/c1-7-27(4,18-10-12-24(2)3)19-17-25-13-15-26(16-14-25)30-23-9-8-21-29(6)22-11-20-28-5/h7,12-17,19,28H,1,8-11,18,20-23H2,2-6H3/b19-17+. The van der Waals surface area contributed by atoms with E-state index in [1.54, 1.807) is 0 Å². The number of hydrogen-bond donors (Lipinski definition) is 1. The lowest BCUT2D eigenvalue weighted by Gasteiger charge is -2.20. The topological polar surface area (TPSA) is 24.5 Å². The van der Waals surface area contributed by atoms with Crippen molar-refractivity contribution in [2.45, 2.75) is 52.9 Å². The molecule has 1 aromatic carbocycles. The van der Waals surface area contributed by atoms with Gasteiger partial charge in [-0.15, -0.1) is 6.58 Å². The molecule has 0 aromatic heterocycles. The lowest BCUT2D eigenvalue weighted by atomic mass is 9.84. The Labute approximate surface area is 185 Å². The molecule has 1 aromatic rings. The predicted molar refractivity (Wildman–Crippen MR) is 133 cm³/mol. The fourth-order valence-corrected chi connectivity index (χ4v) is 3.20. The molecule has 3 heteroatoms. The van der Waals surface area contributed by atoms with Gasteiger partial charge in [0.1, 0.15) is 5.75 Å². The van der Waals surface area contributed by atoms with Crippen LogP contribution in [0.1, 0.15) is 58.4 Å². The van der Waals surface area contributed by atoms with E-state index in [9.17, 15) is 0 Å². The van der Waals surface area contributed by atoms with Crippen LogP contribution >= 0.6 is 0 Å². The lowest BCUT2D eigenvalue weighted by Crippen LogP contribution is -2.24. The molecular weight excluding hydrogens is 368 g/mol. The number of allylic oxidation sites excluding steroid dienone is 4. The van der Waals surface area contributed by atoms with Gasteiger partial charge in [0, 0.05) is 5.41 Å². The summed E-state index contributed by atoms with van der Waals surface area (Å²) in [4.78, 5) is 2.40. The fourth-order valence-electron chi connectivity index (χ4n) is 3.20. The molecule has 0 bridgehead atoms. The van der Waals surface area contributed by atoms with Gasteiger partial charge in [-0.2, -0.15) is 0 Å². The molecule has 0 spiro atoms. The second kappa shape index (κ2) is 15.0. The third-order valence-corrected chi connectivity index (χ3v) is 5.41. The molecule has 1 N–H and O–H groups in total. The van der Waals surface area contributed by atoms with Gasteiger partial charge in [-0.25, -0.2) is 0 Å². The zero-order valence-corrected chi connectivity index (χ0v) is 20.0. The van der Waals surface area contributed by atoms with Crippen LogP contribution in [0.25, 0.3) is 6.08 Å². The van der Waals surface area contributed by atoms with Gasteiger partial charge in [0.2, 0.25) is 0 Å². The van der Waals surface area contributed by atoms with Gasteiger partial charge in [0.15, 0.2) is 0 Å². The van der Waals surface area contributed by atoms with Gasteiger partial charge >= 0.3 is 0 Å². The third kappa shape index (κ3) is 12.0. The number of rotatable bonds is 16. The summed E-state index contributed by atoms with van der Waals surface area (Å²) >= 11 is 0. The number of nitrogens with one attached hydrogen (secondary N) is 1. The molecule has 1 unspecified atom stereocenters. The van der Waals surface area contributed by atoms with Crippen LogP contribution in [0.3, 0.4) is 0 Å². The summed E-state index contributed by atoms with van der Waals surface area (Å²) in [6, 6.07) is 8.39. The molecule has 0 saturated heterocycles. The highest BCUT2D eigenvalue weighted by Crippen LogP contribution is 2.28. The Morgan fingerprint density at radius 2 is 1.83 bits per heavy atom. The van der Waals surface area contributed by atoms with Crippen LogP contribution in [0.15, 0.2) is 54.6 Å². The zero-order valence-electron chi connectivity index (χ0n) is 20.0. The van der Waals surface area contributed by atoms with Crippen molar-refractivity contribution in [3.8, 4) is 5.75 Å². The van der Waals surface area contributed by atoms with E-state index >= 15 is 0 Å². The molecule has 30 heavy (non-hydrogen) atoms. The lowest BCUT2D eigenvalue weighted by molar-refractivity contribution is 0.277. The maximum absolute atomic E-state index is 5.91. The first-order valence-corrected chi connectivity index (χ1v) is 11.4. The van der Waals surface area contributed by atoms with Crippen LogP contribution in [0.5, 0.6) is 5.75 Å². The summed E-state index contributed by atoms with van der Waals surface area (Å²) in [5, 5.41) is 3.19. The summed E-state index contributed by atoms with van der Waals surface area (Å²) in [7, 11) is 4.20. The Morgan fingerprint density at radius 3 is 2.47 bits per heavy atom. The maximum Gasteiger partial charge on any atom is 0.119 e. The largest absolute Gasteiger partial charge is 0.494 e. The summed E-state index contributed by atoms with van der Waals surface area (Å²) < 4.78 is 5.91. The number of ether oxygens (including phenoxy) is 1. The van der Waals surface area contributed by atoms with Crippen LogP contribution in [-0.4, -0.2) is 45.2 Å². The molecule has 0 heterocycles. The summed E-state index contributed by atoms with van der Waals surface area (Å²) in [6.45, 7) is 14.7. The summed E-state index contributed by atoms with van der Waals surface area (Å²) in [5.41, 5.74) is 2.58. The van der Waals surface area contributed by atoms with Crippen molar-refractivity contribution >= 4 is 6.08 Å². The predicted octanol–water partition coefficient (Wildman–Crippen LogP) is 6.34. The molecule has 0 amide bonds. The van der Waals surface area contributed by atoms with Crippen LogP contribution in [0, 0.1) is 5.41 Å². The van der Waals surface area contributed by atoms with Crippen molar-refractivity contribution in [1.82, 2.24) is 10.2 Å². The van der Waals surface area contributed by atoms with E-state index in [1.807, 2.05) is 7.05 Å². The highest BCUT2D eigenvalue weighted by atomic mass is 16.5. The minimum atomic E-state index is 0.0152. The van der Waals surface area contributed by atoms with Gasteiger partial charge < -0.3 is 15.0 Å². The van der Waals surface area contributed by atoms with E-state index in [2.05, 4.69) is 93.2 Å². The highest BCUT2D eigenvalue weighted by molar-refractivity contribution is 5.52. The monoisotopic (exact) mass is 412 g/mol. The minimum absolute atomic E-state index is 0.0152. The molecular formula is C27H44N2O. The molecule has 1 atom stereocenters. The second-order valence-electron chi connectivity index (χ2n) is 8.75. The molecule has 0 aliphatic rings. The van der Waals surface area contributed by atoms with E-state index in [0.717, 1.165) is 51.3 Å². The average molecular weight is 413 g/mol. The van der Waals surface area contributed by atoms with E-state index < -0.39 is 0 Å². The van der Waals surface area contributed by atoms with Crippen molar-refractivity contribution in [1.29, 1.82) is 0 Å². The first-order chi connectivity index (χ1) is 14.4. The van der Waals surface area contributed by atoms with Gasteiger partial charge in [-0.05, 0) is 97.4 Å². The Kier molecular flexibility index (Phi) is 13.1. The second-order valence-corrected chi connectivity index (χ2v) is 8.75. The van der Waals surface area contributed by atoms with E-state index in [0.29, 0.717) is 0 Å². The van der Waals surface area contributed by atoms with E-state index in [1.165, 1.54) is 24.0 Å². The molecule has 3 nitrogen and oxygen atoms in total. The summed E-state index contributed by atoms with van der Waals surface area (Å²) in [5.74, 6) is 0.949. The maximum atomic E-state index is 5.91. The van der Waals surface area contributed by atoms with Crippen molar-refractivity contribution in [3.63, 3.8) is 0 Å². The molecule has 0 radical (unpaired) electrons. The van der Waals surface area contributed by atoms with Crippen molar-refractivity contribution in [2.75, 3.05) is 40.3 Å². The van der Waals surface area contributed by atoms with Crippen molar-refractivity contribution in [2.24, 2.45) is 5.41 Å². The highest BCUT2D eigenvalue weighted by Gasteiger charge is 2.15. The molecule has 0 aliphatic carbocycles. The average Bonchev–Trinajstić information content (AvgIpc) is 2.73. The Hall–Kier alpha value is -1.84. The number of benzene rings is 1. The Morgan fingerprint density at radius 1 is 1.13 bits per heavy atom. The van der Waals surface area contributed by atoms with Gasteiger partial charge in [-0.3, -0.25) is 0 Å². The van der Waals surface area contributed by atoms with Crippen LogP contribution in [-0.2, 0) is 0 Å². The number of hydrogen-bond acceptors (Lipinski definition) is 3. The smallest absolute Gasteiger partial charge is 0.119 e. The number of nitrogens with zero attached hydrogens (tertiary/aromatic N) is 1. The van der Waals surface area contributed by atoms with Crippen LogP contribution in [0.2, 0.25) is 0 Å². The molecule has 0 aliphatic heterocycles. The minimum Gasteiger partial charge on any atom is -0.494 e. The van der Waals surface area contributed by atoms with Crippen molar-refractivity contribution < 1.29 is 4.74 Å². The zero-order chi connectivity index (χ0) is 22.2. The summed E-state index contributed by atoms with van der Waals surface area (Å²) in [6.07, 6.45) is 14.4. The Balaban J connectivity index is 2.36. The SMILES string of the molecule is C=CC(C)(/C=C/c1ccc(OCCCCN(C)CCCNC)cc1)CCC=C(C)C. The fraction of sp³-hybridized carbons (Fsp3) is 0.556. The van der Waals surface area contributed by atoms with E-state index in [-0.39, 0.29) is 5.41 Å². The number of unbranched alkanes of at least 4 members (excludes halogenated alkanes) is 1. The molecule has 168 valence electrons. The third-order valence-electron chi connectivity index (χ3n) is 5.41. The normalized spacial score (nSPS) is 13.4.